The Kier molecular flexibility index (Phi) is 6.24. The van der Waals surface area contributed by atoms with Crippen LogP contribution in [0.3, 0.4) is 0 Å². The van der Waals surface area contributed by atoms with Gasteiger partial charge in [0.2, 0.25) is 0 Å². The molecule has 1 nitrogen and oxygen atoms in total. The molecule has 218 valence electrons. The van der Waals surface area contributed by atoms with Gasteiger partial charge in [-0.2, -0.15) is 0 Å². The first-order chi connectivity index (χ1) is 22.7. The van der Waals surface area contributed by atoms with Crippen LogP contribution in [0.4, 0.5) is 0 Å². The van der Waals surface area contributed by atoms with Crippen LogP contribution >= 0.6 is 0 Å². The molecule has 0 radical (unpaired) electrons. The van der Waals surface area contributed by atoms with Crippen molar-refractivity contribution < 1.29 is 0 Å². The molecule has 1 unspecified atom stereocenters. The van der Waals surface area contributed by atoms with Crippen LogP contribution in [0.2, 0.25) is 0 Å². The monoisotopic (exact) mass is 587 g/mol. The van der Waals surface area contributed by atoms with Gasteiger partial charge < -0.3 is 4.57 Å². The second-order valence-corrected chi connectivity index (χ2v) is 12.6. The molecule has 0 saturated carbocycles. The molecule has 1 heteroatoms. The molecule has 0 fully saturated rings. The van der Waals surface area contributed by atoms with Crippen LogP contribution in [0.25, 0.3) is 60.9 Å². The molecule has 1 heterocycles. The van der Waals surface area contributed by atoms with E-state index in [2.05, 4.69) is 175 Å². The van der Waals surface area contributed by atoms with E-state index in [0.29, 0.717) is 0 Å². The van der Waals surface area contributed by atoms with Crippen molar-refractivity contribution in [3.05, 3.63) is 186 Å². The summed E-state index contributed by atoms with van der Waals surface area (Å²) in [6, 6.07) is 60.5. The lowest BCUT2D eigenvalue weighted by atomic mass is 9.74. The molecule has 0 spiro atoms. The molecule has 9 rings (SSSR count). The van der Waals surface area contributed by atoms with Gasteiger partial charge in [-0.05, 0) is 99.8 Å². The van der Waals surface area contributed by atoms with E-state index in [9.17, 15) is 0 Å². The van der Waals surface area contributed by atoms with Crippen LogP contribution in [0, 0.1) is 6.92 Å². The van der Waals surface area contributed by atoms with Crippen molar-refractivity contribution in [1.82, 2.24) is 4.57 Å². The molecular weight excluding hydrogens is 555 g/mol. The molecule has 0 amide bonds. The zero-order valence-corrected chi connectivity index (χ0v) is 25.8. The standard InChI is InChI=1S/C45H33N/c1-30-21-22-38-35(23-30)27-40(36-25-33(31-13-5-2-6-14-31)24-34(26-36)32-15-7-3-8-16-32)42-29-45-43(28-41(38)42)39-19-11-12-20-44(39)46(45)37-17-9-4-10-18-37/h2-26,28-29,40H,27H2,1H3. The van der Waals surface area contributed by atoms with Crippen LogP contribution < -0.4 is 0 Å². The van der Waals surface area contributed by atoms with Gasteiger partial charge >= 0.3 is 0 Å². The number of para-hydroxylation sites is 2. The van der Waals surface area contributed by atoms with E-state index in [4.69, 9.17) is 0 Å². The first kappa shape index (κ1) is 26.7. The summed E-state index contributed by atoms with van der Waals surface area (Å²) in [5.41, 5.74) is 16.9. The molecular formula is C45H33N. The predicted molar refractivity (Wildman–Crippen MR) is 194 cm³/mol. The number of aryl methyl sites for hydroxylation is 1. The second-order valence-electron chi connectivity index (χ2n) is 12.6. The third kappa shape index (κ3) is 4.39. The fourth-order valence-electron chi connectivity index (χ4n) is 7.64. The summed E-state index contributed by atoms with van der Waals surface area (Å²) in [6.45, 7) is 2.21. The number of hydrogen-bond donors (Lipinski definition) is 0. The van der Waals surface area contributed by atoms with Gasteiger partial charge in [-0.1, -0.05) is 133 Å². The molecule has 0 N–H and O–H groups in total. The lowest BCUT2D eigenvalue weighted by molar-refractivity contribution is 0.794. The maximum atomic E-state index is 2.50. The first-order valence-electron chi connectivity index (χ1n) is 16.2. The summed E-state index contributed by atoms with van der Waals surface area (Å²) in [5.74, 6) is 0.210. The minimum atomic E-state index is 0.210. The van der Waals surface area contributed by atoms with Crippen LogP contribution in [0.5, 0.6) is 0 Å². The van der Waals surface area contributed by atoms with Crippen LogP contribution in [-0.4, -0.2) is 4.57 Å². The van der Waals surface area contributed by atoms with E-state index in [0.717, 1.165) is 6.42 Å². The minimum absolute atomic E-state index is 0.210. The Balaban J connectivity index is 1.34. The number of aromatic nitrogens is 1. The topological polar surface area (TPSA) is 4.93 Å². The number of fused-ring (bicyclic) bond motifs is 6. The number of nitrogens with zero attached hydrogens (tertiary/aromatic N) is 1. The van der Waals surface area contributed by atoms with Crippen LogP contribution in [0.15, 0.2) is 164 Å². The largest absolute Gasteiger partial charge is 0.309 e. The summed E-state index contributed by atoms with van der Waals surface area (Å²) in [5, 5.41) is 2.59. The van der Waals surface area contributed by atoms with Gasteiger partial charge in [-0.25, -0.2) is 0 Å². The fraction of sp³-hybridized carbons (Fsp3) is 0.0667. The molecule has 1 aromatic heterocycles. The number of rotatable bonds is 4. The van der Waals surface area contributed by atoms with Gasteiger partial charge in [0.25, 0.3) is 0 Å². The Morgan fingerprint density at radius 1 is 0.478 bits per heavy atom. The third-order valence-corrected chi connectivity index (χ3v) is 9.78. The lowest BCUT2D eigenvalue weighted by Crippen LogP contribution is -2.13. The van der Waals surface area contributed by atoms with E-state index < -0.39 is 0 Å². The van der Waals surface area contributed by atoms with E-state index in [1.165, 1.54) is 83.1 Å². The van der Waals surface area contributed by atoms with Crippen molar-refractivity contribution in [3.63, 3.8) is 0 Å². The number of hydrogen-bond acceptors (Lipinski definition) is 0. The fourth-order valence-corrected chi connectivity index (χ4v) is 7.64. The van der Waals surface area contributed by atoms with E-state index in [1.54, 1.807) is 0 Å². The highest BCUT2D eigenvalue weighted by Gasteiger charge is 2.29. The Hall–Kier alpha value is -5.66. The maximum Gasteiger partial charge on any atom is 0.0544 e. The smallest absolute Gasteiger partial charge is 0.0544 e. The highest BCUT2D eigenvalue weighted by Crippen LogP contribution is 2.47. The average molecular weight is 588 g/mol. The van der Waals surface area contributed by atoms with E-state index in [-0.39, 0.29) is 5.92 Å². The summed E-state index contributed by atoms with van der Waals surface area (Å²) >= 11 is 0. The summed E-state index contributed by atoms with van der Waals surface area (Å²) < 4.78 is 2.45. The van der Waals surface area contributed by atoms with Crippen LogP contribution in [-0.2, 0) is 6.42 Å². The minimum Gasteiger partial charge on any atom is -0.309 e. The normalized spacial score (nSPS) is 13.9. The molecule has 0 saturated heterocycles. The SMILES string of the molecule is Cc1ccc2c(c1)CC(c1cc(-c3ccccc3)cc(-c3ccccc3)c1)c1cc3c(cc1-2)c1ccccc1n3-c1ccccc1. The van der Waals surface area contributed by atoms with Gasteiger partial charge in [0.1, 0.15) is 0 Å². The average Bonchev–Trinajstić information content (AvgIpc) is 3.44. The molecule has 0 aliphatic heterocycles. The van der Waals surface area contributed by atoms with Gasteiger partial charge in [0.05, 0.1) is 11.0 Å². The van der Waals surface area contributed by atoms with E-state index >= 15 is 0 Å². The van der Waals surface area contributed by atoms with Crippen molar-refractivity contribution in [2.75, 3.05) is 0 Å². The molecule has 46 heavy (non-hydrogen) atoms. The highest BCUT2D eigenvalue weighted by molar-refractivity contribution is 6.11. The van der Waals surface area contributed by atoms with Gasteiger partial charge in [0.15, 0.2) is 0 Å². The summed E-state index contributed by atoms with van der Waals surface area (Å²) in [4.78, 5) is 0. The molecule has 1 aliphatic rings. The maximum absolute atomic E-state index is 2.50. The van der Waals surface area contributed by atoms with Gasteiger partial charge in [0, 0.05) is 22.4 Å². The zero-order valence-electron chi connectivity index (χ0n) is 25.8. The molecule has 7 aromatic carbocycles. The molecule has 0 bridgehead atoms. The van der Waals surface area contributed by atoms with Crippen LogP contribution in [0.1, 0.15) is 28.2 Å². The number of benzene rings is 7. The molecule has 8 aromatic rings. The van der Waals surface area contributed by atoms with Crippen molar-refractivity contribution in [2.24, 2.45) is 0 Å². The van der Waals surface area contributed by atoms with Gasteiger partial charge in [-0.15, -0.1) is 0 Å². The predicted octanol–water partition coefficient (Wildman–Crippen LogP) is 11.8. The van der Waals surface area contributed by atoms with Gasteiger partial charge in [-0.3, -0.25) is 0 Å². The van der Waals surface area contributed by atoms with Crippen molar-refractivity contribution in [2.45, 2.75) is 19.3 Å². The van der Waals surface area contributed by atoms with E-state index in [1.807, 2.05) is 0 Å². The Morgan fingerprint density at radius 2 is 1.11 bits per heavy atom. The molecule has 1 aliphatic carbocycles. The lowest BCUT2D eigenvalue weighted by Gasteiger charge is -2.30. The summed E-state index contributed by atoms with van der Waals surface area (Å²) in [7, 11) is 0. The quantitative estimate of drug-likeness (QED) is 0.193. The zero-order chi connectivity index (χ0) is 30.6. The van der Waals surface area contributed by atoms with Crippen molar-refractivity contribution >= 4 is 21.8 Å². The first-order valence-corrected chi connectivity index (χ1v) is 16.2. The Bertz CT molecular complexity index is 2320. The Labute approximate surface area is 270 Å². The second kappa shape index (κ2) is 10.8. The Morgan fingerprint density at radius 3 is 1.80 bits per heavy atom. The third-order valence-electron chi connectivity index (χ3n) is 9.78. The highest BCUT2D eigenvalue weighted by atomic mass is 15.0. The van der Waals surface area contributed by atoms with Crippen molar-refractivity contribution in [1.29, 1.82) is 0 Å². The summed E-state index contributed by atoms with van der Waals surface area (Å²) in [6.07, 6.45) is 0.966. The molecule has 1 atom stereocenters. The van der Waals surface area contributed by atoms with Crippen molar-refractivity contribution in [3.8, 4) is 39.1 Å².